The molecule has 0 bridgehead atoms. The molecule has 0 saturated carbocycles. The summed E-state index contributed by atoms with van der Waals surface area (Å²) in [6.45, 7) is 4.12. The number of aldehydes is 1. The van der Waals surface area contributed by atoms with Gasteiger partial charge < -0.3 is 14.5 Å². The molecule has 4 rings (SSSR count). The molecule has 1 saturated heterocycles. The Morgan fingerprint density at radius 2 is 2.13 bits per heavy atom. The van der Waals surface area contributed by atoms with Gasteiger partial charge >= 0.3 is 0 Å². The summed E-state index contributed by atoms with van der Waals surface area (Å²) in [5.74, 6) is 0.0327. The van der Waals surface area contributed by atoms with Gasteiger partial charge in [-0.2, -0.15) is 0 Å². The number of amides is 1. The summed E-state index contributed by atoms with van der Waals surface area (Å²) < 4.78 is 6.72. The van der Waals surface area contributed by atoms with Crippen molar-refractivity contribution in [2.24, 2.45) is 5.92 Å². The normalized spacial score (nSPS) is 19.2. The van der Waals surface area contributed by atoms with E-state index >= 15 is 0 Å². The van der Waals surface area contributed by atoms with Crippen molar-refractivity contribution in [3.63, 3.8) is 0 Å². The van der Waals surface area contributed by atoms with Crippen LogP contribution < -0.4 is 10.4 Å². The van der Waals surface area contributed by atoms with Crippen LogP contribution in [0.5, 0.6) is 0 Å². The van der Waals surface area contributed by atoms with Gasteiger partial charge in [-0.05, 0) is 40.1 Å². The maximum absolute atomic E-state index is 13.2. The molecule has 1 amide bonds. The Hall–Kier alpha value is -1.90. The minimum atomic E-state index is -0.256. The largest absolute Gasteiger partial charge is 0.375 e. The second-order valence-corrected chi connectivity index (χ2v) is 9.38. The number of halogens is 1. The average Bonchev–Trinajstić information content (AvgIpc) is 3.13. The fourth-order valence-corrected chi connectivity index (χ4v) is 5.59. The van der Waals surface area contributed by atoms with Gasteiger partial charge in [0.05, 0.1) is 35.3 Å². The maximum atomic E-state index is 13.2. The predicted molar refractivity (Wildman–Crippen MR) is 125 cm³/mol. The van der Waals surface area contributed by atoms with Crippen molar-refractivity contribution in [2.75, 3.05) is 38.3 Å². The van der Waals surface area contributed by atoms with Crippen molar-refractivity contribution in [1.29, 1.82) is 0 Å². The first-order valence-electron chi connectivity index (χ1n) is 9.77. The highest BCUT2D eigenvalue weighted by Gasteiger charge is 2.38. The summed E-state index contributed by atoms with van der Waals surface area (Å²) in [5, 5.41) is 4.14. The molecule has 0 N–H and O–H groups in total. The number of likely N-dealkylation sites (N-methyl/N-ethyl adjacent to an activating group) is 1. The molecule has 2 aromatic rings. The minimum absolute atomic E-state index is 0.0568. The third-order valence-corrected chi connectivity index (χ3v) is 7.58. The number of rotatable bonds is 5. The zero-order valence-electron chi connectivity index (χ0n) is 16.9. The molecule has 2 aliphatic rings. The number of carbonyl (C=O) groups is 2. The Bertz CT molecular complexity index is 1020. The number of benzene rings is 1. The Morgan fingerprint density at radius 3 is 2.80 bits per heavy atom. The maximum Gasteiger partial charge on any atom is 0.229 e. The van der Waals surface area contributed by atoms with Crippen molar-refractivity contribution in [1.82, 2.24) is 4.90 Å². The molecular weight excluding hydrogens is 463 g/mol. The number of nitrogens with zero attached hydrogens (tertiary/aromatic N) is 2. The van der Waals surface area contributed by atoms with E-state index in [0.29, 0.717) is 37.3 Å². The summed E-state index contributed by atoms with van der Waals surface area (Å²) in [6, 6.07) is 3.38. The van der Waals surface area contributed by atoms with Crippen LogP contribution in [-0.4, -0.2) is 64.3 Å². The van der Waals surface area contributed by atoms with Gasteiger partial charge in [-0.25, -0.2) is 0 Å². The lowest BCUT2D eigenvalue weighted by molar-refractivity contribution is -0.137. The van der Waals surface area contributed by atoms with Gasteiger partial charge in [-0.15, -0.1) is 11.3 Å². The molecule has 1 aromatic carbocycles. The average molecular weight is 485 g/mol. The SMILES string of the molecule is [B]c1cc(C2=CCOCC2N(C)C(=O)C2CN(c3cscc3Br)C2)c(C=O)cc1C. The zero-order valence-corrected chi connectivity index (χ0v) is 19.3. The smallest absolute Gasteiger partial charge is 0.229 e. The van der Waals surface area contributed by atoms with Crippen molar-refractivity contribution in [3.8, 4) is 0 Å². The van der Waals surface area contributed by atoms with E-state index in [0.717, 1.165) is 33.1 Å². The van der Waals surface area contributed by atoms with Crippen molar-refractivity contribution < 1.29 is 14.3 Å². The number of ether oxygens (including phenoxy) is 1. The van der Waals surface area contributed by atoms with Gasteiger partial charge in [-0.1, -0.05) is 23.2 Å². The van der Waals surface area contributed by atoms with E-state index in [1.807, 2.05) is 31.5 Å². The quantitative estimate of drug-likeness (QED) is 0.483. The van der Waals surface area contributed by atoms with Crippen LogP contribution in [0.4, 0.5) is 5.69 Å². The van der Waals surface area contributed by atoms with E-state index in [9.17, 15) is 9.59 Å². The van der Waals surface area contributed by atoms with Crippen molar-refractivity contribution in [2.45, 2.75) is 13.0 Å². The van der Waals surface area contributed by atoms with E-state index in [-0.39, 0.29) is 17.9 Å². The predicted octanol–water partition coefficient (Wildman–Crippen LogP) is 2.80. The van der Waals surface area contributed by atoms with Gasteiger partial charge in [0.2, 0.25) is 5.91 Å². The molecule has 1 fully saturated rings. The van der Waals surface area contributed by atoms with Crippen LogP contribution in [0.25, 0.3) is 5.57 Å². The first kappa shape index (κ1) is 21.3. The van der Waals surface area contributed by atoms with Crippen LogP contribution in [0.1, 0.15) is 21.5 Å². The summed E-state index contributed by atoms with van der Waals surface area (Å²) in [7, 11) is 7.94. The second kappa shape index (κ2) is 8.69. The summed E-state index contributed by atoms with van der Waals surface area (Å²) in [6.07, 6.45) is 2.80. The molecule has 8 heteroatoms. The second-order valence-electron chi connectivity index (χ2n) is 7.78. The molecule has 1 unspecified atom stereocenters. The van der Waals surface area contributed by atoms with Gasteiger partial charge in [0.15, 0.2) is 6.29 Å². The van der Waals surface area contributed by atoms with Gasteiger partial charge in [-0.3, -0.25) is 9.59 Å². The third kappa shape index (κ3) is 3.88. The van der Waals surface area contributed by atoms with Crippen LogP contribution in [0.15, 0.2) is 33.4 Å². The molecule has 5 nitrogen and oxygen atoms in total. The number of thiophene rings is 1. The monoisotopic (exact) mass is 484 g/mol. The molecule has 2 aliphatic heterocycles. The molecule has 2 radical (unpaired) electrons. The molecule has 0 spiro atoms. The van der Waals surface area contributed by atoms with Gasteiger partial charge in [0.25, 0.3) is 0 Å². The Kier molecular flexibility index (Phi) is 6.18. The molecule has 1 aromatic heterocycles. The highest BCUT2D eigenvalue weighted by atomic mass is 79.9. The first-order chi connectivity index (χ1) is 14.4. The van der Waals surface area contributed by atoms with E-state index < -0.39 is 0 Å². The lowest BCUT2D eigenvalue weighted by Gasteiger charge is -2.43. The highest BCUT2D eigenvalue weighted by molar-refractivity contribution is 9.10. The highest BCUT2D eigenvalue weighted by Crippen LogP contribution is 2.36. The lowest BCUT2D eigenvalue weighted by atomic mass is 9.83. The Labute approximate surface area is 190 Å². The van der Waals surface area contributed by atoms with Crippen LogP contribution >= 0.6 is 27.3 Å². The fraction of sp³-hybridized carbons (Fsp3) is 0.364. The van der Waals surface area contributed by atoms with Crippen LogP contribution in [-0.2, 0) is 9.53 Å². The molecule has 0 aliphatic carbocycles. The molecule has 30 heavy (non-hydrogen) atoms. The van der Waals surface area contributed by atoms with Crippen LogP contribution in [0, 0.1) is 12.8 Å². The number of hydrogen-bond acceptors (Lipinski definition) is 5. The van der Waals surface area contributed by atoms with Crippen LogP contribution in [0.3, 0.4) is 0 Å². The topological polar surface area (TPSA) is 49.9 Å². The molecule has 1 atom stereocenters. The van der Waals surface area contributed by atoms with E-state index in [4.69, 9.17) is 12.6 Å². The van der Waals surface area contributed by atoms with E-state index in [1.54, 1.807) is 22.3 Å². The van der Waals surface area contributed by atoms with Crippen molar-refractivity contribution >= 4 is 64.0 Å². The van der Waals surface area contributed by atoms with E-state index in [2.05, 4.69) is 26.2 Å². The summed E-state index contributed by atoms with van der Waals surface area (Å²) in [4.78, 5) is 28.9. The van der Waals surface area contributed by atoms with Gasteiger partial charge in [0.1, 0.15) is 7.85 Å². The Morgan fingerprint density at radius 1 is 1.37 bits per heavy atom. The molecule has 3 heterocycles. The number of hydrogen-bond donors (Lipinski definition) is 0. The Balaban J connectivity index is 1.53. The summed E-state index contributed by atoms with van der Waals surface area (Å²) in [5.41, 5.74) is 4.91. The van der Waals surface area contributed by atoms with E-state index in [1.165, 1.54) is 0 Å². The van der Waals surface area contributed by atoms with Crippen LogP contribution in [0.2, 0.25) is 0 Å². The van der Waals surface area contributed by atoms with Gasteiger partial charge in [0, 0.05) is 36.5 Å². The van der Waals surface area contributed by atoms with Crippen molar-refractivity contribution in [3.05, 3.63) is 50.1 Å². The minimum Gasteiger partial charge on any atom is -0.375 e. The molecule has 154 valence electrons. The summed E-state index contributed by atoms with van der Waals surface area (Å²) >= 11 is 5.20. The molecular formula is C22H22BBrN2O3S. The lowest BCUT2D eigenvalue weighted by Crippen LogP contribution is -2.56. The zero-order chi connectivity index (χ0) is 21.4. The number of aryl methyl sites for hydroxylation is 1. The number of anilines is 1. The number of carbonyl (C=O) groups excluding carboxylic acids is 2. The standard InChI is InChI=1S/C22H22BBrN2O3S/c1-13-5-14(9-27)17(6-18(13)23)16-3-4-29-10-20(16)25(2)22(28)15-7-26(8-15)21-12-30-11-19(21)24/h3,5-6,9,11-12,15,20H,4,7-8,10H2,1-2H3. The third-order valence-electron chi connectivity index (χ3n) is 5.91. The fourth-order valence-electron chi connectivity index (χ4n) is 4.03. The first-order valence-corrected chi connectivity index (χ1v) is 11.5.